The number of hydrogen-bond donors (Lipinski definition) is 0. The quantitative estimate of drug-likeness (QED) is 0.226. The van der Waals surface area contributed by atoms with Crippen LogP contribution in [0.5, 0.6) is 0 Å². The van der Waals surface area contributed by atoms with Gasteiger partial charge in [-0.2, -0.15) is 0 Å². The molecule has 5 aromatic rings. The summed E-state index contributed by atoms with van der Waals surface area (Å²) in [5.74, 6) is 0.704. The molecule has 0 N–H and O–H groups in total. The molecule has 0 spiro atoms. The van der Waals surface area contributed by atoms with Gasteiger partial charge in [0.2, 0.25) is 0 Å². The fourth-order valence-electron chi connectivity index (χ4n) is 3.03. The standard InChI is InChI=1S/C16H11N2.C12H10N.Ir/c1-2-6-13(7-3-1)14-8-4-9-15(12-14)16-17-10-5-11-18-16;1-10-5-7-11(8-6-10)12-4-2-3-9-13-12;/h1-8,10-12H;2-7,9H,1H3;/q2*-1;. The Morgan fingerprint density at radius 3 is 2.06 bits per heavy atom. The van der Waals surface area contributed by atoms with Crippen molar-refractivity contribution in [3.8, 4) is 33.8 Å². The summed E-state index contributed by atoms with van der Waals surface area (Å²) in [5, 5.41) is 0. The largest absolute Gasteiger partial charge is 0.305 e. The second-order valence-corrected chi connectivity index (χ2v) is 6.92. The molecule has 3 nitrogen and oxygen atoms in total. The van der Waals surface area contributed by atoms with Crippen LogP contribution in [0, 0.1) is 19.1 Å². The number of aromatic nitrogens is 3. The van der Waals surface area contributed by atoms with Crippen molar-refractivity contribution >= 4 is 0 Å². The predicted molar refractivity (Wildman–Crippen MR) is 125 cm³/mol. The Hall–Kier alpha value is -3.46. The first-order chi connectivity index (χ1) is 15.3. The van der Waals surface area contributed by atoms with Gasteiger partial charge in [0.1, 0.15) is 0 Å². The van der Waals surface area contributed by atoms with Crippen LogP contribution in [0.2, 0.25) is 0 Å². The van der Waals surface area contributed by atoms with Gasteiger partial charge in [-0.15, -0.1) is 70.8 Å². The smallest absolute Gasteiger partial charge is 0.0748 e. The van der Waals surface area contributed by atoms with Crippen molar-refractivity contribution in [2.75, 3.05) is 0 Å². The zero-order chi connectivity index (χ0) is 21.3. The molecule has 0 atom stereocenters. The Morgan fingerprint density at radius 1 is 0.625 bits per heavy atom. The third-order valence-electron chi connectivity index (χ3n) is 4.62. The first kappa shape index (κ1) is 23.2. The maximum Gasteiger partial charge on any atom is 0.0748 e. The average Bonchev–Trinajstić information content (AvgIpc) is 2.87. The Bertz CT molecular complexity index is 1160. The van der Waals surface area contributed by atoms with Crippen LogP contribution in [0.1, 0.15) is 5.56 Å². The molecule has 0 saturated carbocycles. The SMILES string of the molecule is Cc1c[c-]c(-c2ccccn2)cc1.[Ir].[c-]1ccc(-c2ccccc2)cc1-c1ncccn1. The van der Waals surface area contributed by atoms with E-state index in [1.165, 1.54) is 11.1 Å². The molecule has 4 heteroatoms. The molecule has 0 bridgehead atoms. The second-order valence-electron chi connectivity index (χ2n) is 6.92. The molecule has 3 aromatic carbocycles. The number of nitrogens with zero attached hydrogens (tertiary/aromatic N) is 3. The van der Waals surface area contributed by atoms with Gasteiger partial charge >= 0.3 is 0 Å². The van der Waals surface area contributed by atoms with Crippen LogP contribution in [-0.4, -0.2) is 15.0 Å². The molecule has 2 heterocycles. The maximum absolute atomic E-state index is 4.25. The molecule has 0 unspecified atom stereocenters. The van der Waals surface area contributed by atoms with E-state index in [0.717, 1.165) is 22.4 Å². The summed E-state index contributed by atoms with van der Waals surface area (Å²) in [7, 11) is 0. The molecule has 0 fully saturated rings. The minimum atomic E-state index is 0. The first-order valence-electron chi connectivity index (χ1n) is 10.0. The predicted octanol–water partition coefficient (Wildman–Crippen LogP) is 6.47. The summed E-state index contributed by atoms with van der Waals surface area (Å²) in [6, 6.07) is 36.4. The molecule has 0 saturated heterocycles. The summed E-state index contributed by atoms with van der Waals surface area (Å²) >= 11 is 0. The van der Waals surface area contributed by atoms with Crippen molar-refractivity contribution in [2.24, 2.45) is 0 Å². The van der Waals surface area contributed by atoms with Crippen LogP contribution in [0.25, 0.3) is 33.8 Å². The van der Waals surface area contributed by atoms with E-state index in [4.69, 9.17) is 0 Å². The van der Waals surface area contributed by atoms with E-state index in [9.17, 15) is 0 Å². The van der Waals surface area contributed by atoms with Gasteiger partial charge in [0.25, 0.3) is 0 Å². The third kappa shape index (κ3) is 6.27. The van der Waals surface area contributed by atoms with Crippen LogP contribution < -0.4 is 0 Å². The Labute approximate surface area is 202 Å². The average molecular weight is 592 g/mol. The zero-order valence-electron chi connectivity index (χ0n) is 17.6. The van der Waals surface area contributed by atoms with Crippen LogP contribution >= 0.6 is 0 Å². The fourth-order valence-corrected chi connectivity index (χ4v) is 3.03. The number of benzene rings is 3. The summed E-state index contributed by atoms with van der Waals surface area (Å²) in [4.78, 5) is 12.7. The van der Waals surface area contributed by atoms with E-state index in [1.807, 2.05) is 66.7 Å². The first-order valence-corrected chi connectivity index (χ1v) is 10.0. The third-order valence-corrected chi connectivity index (χ3v) is 4.62. The van der Waals surface area contributed by atoms with E-state index >= 15 is 0 Å². The molecule has 0 aliphatic rings. The topological polar surface area (TPSA) is 38.7 Å². The summed E-state index contributed by atoms with van der Waals surface area (Å²) in [5.41, 5.74) is 6.49. The summed E-state index contributed by atoms with van der Waals surface area (Å²) in [6.07, 6.45) is 5.28. The molecule has 0 aliphatic carbocycles. The van der Waals surface area contributed by atoms with Gasteiger partial charge in [-0.25, -0.2) is 0 Å². The molecular weight excluding hydrogens is 571 g/mol. The van der Waals surface area contributed by atoms with E-state index in [1.54, 1.807) is 18.6 Å². The van der Waals surface area contributed by atoms with Gasteiger partial charge in [-0.1, -0.05) is 49.4 Å². The van der Waals surface area contributed by atoms with Gasteiger partial charge in [0.05, 0.1) is 5.82 Å². The van der Waals surface area contributed by atoms with Crippen LogP contribution in [-0.2, 0) is 20.1 Å². The molecule has 0 amide bonds. The van der Waals surface area contributed by atoms with Crippen LogP contribution in [0.4, 0.5) is 0 Å². The van der Waals surface area contributed by atoms with Crippen LogP contribution in [0.3, 0.4) is 0 Å². The summed E-state index contributed by atoms with van der Waals surface area (Å²) in [6.45, 7) is 2.05. The monoisotopic (exact) mass is 592 g/mol. The van der Waals surface area contributed by atoms with E-state index in [0.29, 0.717) is 5.82 Å². The van der Waals surface area contributed by atoms with E-state index in [-0.39, 0.29) is 20.1 Å². The van der Waals surface area contributed by atoms with E-state index < -0.39 is 0 Å². The zero-order valence-corrected chi connectivity index (χ0v) is 20.0. The Kier molecular flexibility index (Phi) is 8.56. The van der Waals surface area contributed by atoms with Crippen molar-refractivity contribution in [3.63, 3.8) is 0 Å². The minimum absolute atomic E-state index is 0. The van der Waals surface area contributed by atoms with Gasteiger partial charge < -0.3 is 4.98 Å². The number of aryl methyl sites for hydroxylation is 1. The molecule has 159 valence electrons. The van der Waals surface area contributed by atoms with Crippen molar-refractivity contribution in [1.82, 2.24) is 15.0 Å². The number of rotatable bonds is 3. The van der Waals surface area contributed by atoms with Crippen LogP contribution in [0.15, 0.2) is 110 Å². The molecule has 5 rings (SSSR count). The maximum atomic E-state index is 4.25. The summed E-state index contributed by atoms with van der Waals surface area (Å²) < 4.78 is 0. The van der Waals surface area contributed by atoms with Crippen molar-refractivity contribution < 1.29 is 20.1 Å². The molecular formula is C28H21IrN3-2. The fraction of sp³-hybridized carbons (Fsp3) is 0.0357. The van der Waals surface area contributed by atoms with E-state index in [2.05, 4.69) is 58.3 Å². The van der Waals surface area contributed by atoms with Gasteiger partial charge in [0, 0.05) is 38.7 Å². The van der Waals surface area contributed by atoms with Gasteiger partial charge in [0.15, 0.2) is 0 Å². The normalized spacial score (nSPS) is 9.78. The number of hydrogen-bond acceptors (Lipinski definition) is 3. The Morgan fingerprint density at radius 2 is 1.38 bits per heavy atom. The van der Waals surface area contributed by atoms with Gasteiger partial charge in [-0.3, -0.25) is 9.97 Å². The number of pyridine rings is 1. The van der Waals surface area contributed by atoms with Crippen molar-refractivity contribution in [2.45, 2.75) is 6.92 Å². The molecule has 1 radical (unpaired) electrons. The van der Waals surface area contributed by atoms with Crippen molar-refractivity contribution in [1.29, 1.82) is 0 Å². The van der Waals surface area contributed by atoms with Crippen molar-refractivity contribution in [3.05, 3.63) is 127 Å². The minimum Gasteiger partial charge on any atom is -0.305 e. The molecule has 32 heavy (non-hydrogen) atoms. The van der Waals surface area contributed by atoms with Gasteiger partial charge in [-0.05, 0) is 23.4 Å². The molecule has 2 aromatic heterocycles. The second kappa shape index (κ2) is 11.8. The molecule has 0 aliphatic heterocycles. The Balaban J connectivity index is 0.000000184.